The first kappa shape index (κ1) is 21.8. The smallest absolute Gasteiger partial charge is 0.182 e. The van der Waals surface area contributed by atoms with Crippen LogP contribution in [0.4, 0.5) is 10.2 Å². The van der Waals surface area contributed by atoms with Crippen molar-refractivity contribution in [3.8, 4) is 5.69 Å². The third-order valence-electron chi connectivity index (χ3n) is 6.74. The number of aromatic nitrogens is 4. The first-order chi connectivity index (χ1) is 15.3. The van der Waals surface area contributed by atoms with E-state index in [-0.39, 0.29) is 45.5 Å². The molecular formula is C21H23Cl2FN6O2. The number of hydrogen-bond acceptors (Lipinski definition) is 7. The number of hydrogen-bond donors (Lipinski definition) is 2. The predicted molar refractivity (Wildman–Crippen MR) is 120 cm³/mol. The summed E-state index contributed by atoms with van der Waals surface area (Å²) in [5, 5.41) is 14.5. The van der Waals surface area contributed by atoms with Crippen LogP contribution >= 0.6 is 23.2 Å². The largest absolute Gasteiger partial charge is 0.390 e. The monoisotopic (exact) mass is 480 g/mol. The van der Waals surface area contributed by atoms with E-state index in [4.69, 9.17) is 38.7 Å². The lowest BCUT2D eigenvalue weighted by molar-refractivity contribution is 0.0973. The topological polar surface area (TPSA) is 102 Å². The van der Waals surface area contributed by atoms with Gasteiger partial charge >= 0.3 is 0 Å². The molecule has 0 radical (unpaired) electrons. The van der Waals surface area contributed by atoms with Crippen LogP contribution in [0.25, 0.3) is 16.9 Å². The molecule has 2 aliphatic heterocycles. The van der Waals surface area contributed by atoms with E-state index in [0.29, 0.717) is 23.6 Å². The zero-order valence-corrected chi connectivity index (χ0v) is 18.9. The van der Waals surface area contributed by atoms with Gasteiger partial charge in [0.15, 0.2) is 17.3 Å². The Bertz CT molecular complexity index is 1180. The average Bonchev–Trinajstić information content (AvgIpc) is 3.33. The van der Waals surface area contributed by atoms with Crippen molar-refractivity contribution < 1.29 is 14.2 Å². The van der Waals surface area contributed by atoms with Gasteiger partial charge in [0.25, 0.3) is 0 Å². The number of rotatable bonds is 3. The Morgan fingerprint density at radius 2 is 2.03 bits per heavy atom. The highest BCUT2D eigenvalue weighted by atomic mass is 35.5. The normalized spacial score (nSPS) is 22.9. The maximum absolute atomic E-state index is 14.5. The number of benzene rings is 1. The van der Waals surface area contributed by atoms with E-state index in [1.54, 1.807) is 0 Å². The summed E-state index contributed by atoms with van der Waals surface area (Å²) in [4.78, 5) is 11.4. The zero-order chi connectivity index (χ0) is 22.6. The third kappa shape index (κ3) is 3.34. The van der Waals surface area contributed by atoms with E-state index >= 15 is 0 Å². The van der Waals surface area contributed by atoms with Crippen LogP contribution in [0.5, 0.6) is 0 Å². The minimum Gasteiger partial charge on any atom is -0.390 e. The predicted octanol–water partition coefficient (Wildman–Crippen LogP) is 3.09. The van der Waals surface area contributed by atoms with Gasteiger partial charge < -0.3 is 20.5 Å². The Morgan fingerprint density at radius 3 is 2.69 bits per heavy atom. The van der Waals surface area contributed by atoms with E-state index < -0.39 is 5.82 Å². The fraction of sp³-hybridized carbons (Fsp3) is 0.476. The van der Waals surface area contributed by atoms with E-state index in [2.05, 4.69) is 15.0 Å². The number of aliphatic hydroxyl groups excluding tert-OH is 1. The molecule has 170 valence electrons. The second kappa shape index (κ2) is 8.07. The maximum atomic E-state index is 14.5. The molecule has 5 rings (SSSR count). The van der Waals surface area contributed by atoms with Crippen molar-refractivity contribution in [1.82, 2.24) is 19.7 Å². The highest BCUT2D eigenvalue weighted by Crippen LogP contribution is 2.42. The summed E-state index contributed by atoms with van der Waals surface area (Å²) in [5.74, 6) is -0.000832. The number of piperidine rings is 1. The van der Waals surface area contributed by atoms with Gasteiger partial charge in [-0.15, -0.1) is 0 Å². The molecule has 0 bridgehead atoms. The Kier molecular flexibility index (Phi) is 5.50. The van der Waals surface area contributed by atoms with Crippen LogP contribution in [0, 0.1) is 11.2 Å². The van der Waals surface area contributed by atoms with Gasteiger partial charge in [-0.05, 0) is 31.9 Å². The van der Waals surface area contributed by atoms with E-state index in [1.165, 1.54) is 23.0 Å². The van der Waals surface area contributed by atoms with Crippen LogP contribution in [0.1, 0.15) is 25.5 Å². The lowest BCUT2D eigenvalue weighted by Gasteiger charge is -2.41. The number of nitrogens with two attached hydrogens (primary N) is 1. The third-order valence-corrected chi connectivity index (χ3v) is 7.53. The lowest BCUT2D eigenvalue weighted by atomic mass is 9.73. The summed E-state index contributed by atoms with van der Waals surface area (Å²) in [6, 6.07) is 2.60. The van der Waals surface area contributed by atoms with Gasteiger partial charge in [-0.2, -0.15) is 5.10 Å². The average molecular weight is 481 g/mol. The second-order valence-electron chi connectivity index (χ2n) is 8.50. The minimum atomic E-state index is -0.591. The molecule has 0 aliphatic carbocycles. The molecule has 32 heavy (non-hydrogen) atoms. The number of fused-ring (bicyclic) bond motifs is 1. The minimum absolute atomic E-state index is 0.00565. The van der Waals surface area contributed by atoms with Gasteiger partial charge in [-0.1, -0.05) is 23.2 Å². The van der Waals surface area contributed by atoms with Crippen LogP contribution in [0.3, 0.4) is 0 Å². The Morgan fingerprint density at radius 1 is 1.28 bits per heavy atom. The molecule has 1 spiro atoms. The van der Waals surface area contributed by atoms with E-state index in [9.17, 15) is 9.50 Å². The van der Waals surface area contributed by atoms with Crippen LogP contribution in [0.15, 0.2) is 18.3 Å². The van der Waals surface area contributed by atoms with E-state index in [0.717, 1.165) is 25.9 Å². The summed E-state index contributed by atoms with van der Waals surface area (Å²) in [5.41, 5.74) is 7.51. The quantitative estimate of drug-likeness (QED) is 0.555. The fourth-order valence-electron chi connectivity index (χ4n) is 4.74. The zero-order valence-electron chi connectivity index (χ0n) is 17.4. The van der Waals surface area contributed by atoms with Gasteiger partial charge in [0, 0.05) is 24.5 Å². The van der Waals surface area contributed by atoms with Crippen LogP contribution in [0.2, 0.25) is 10.0 Å². The molecule has 0 unspecified atom stereocenters. The molecule has 2 aliphatic rings. The van der Waals surface area contributed by atoms with Gasteiger partial charge in [-0.25, -0.2) is 19.0 Å². The Balaban J connectivity index is 1.50. The van der Waals surface area contributed by atoms with Crippen molar-refractivity contribution in [3.63, 3.8) is 0 Å². The molecule has 0 amide bonds. The molecule has 2 saturated heterocycles. The number of nitrogens with zero attached hydrogens (tertiary/aromatic N) is 5. The highest BCUT2D eigenvalue weighted by Gasteiger charge is 2.47. The Labute approximate surface area is 194 Å². The first-order valence-electron chi connectivity index (χ1n) is 10.5. The lowest BCUT2D eigenvalue weighted by Crippen LogP contribution is -2.51. The van der Waals surface area contributed by atoms with Crippen molar-refractivity contribution >= 4 is 40.2 Å². The second-order valence-corrected chi connectivity index (χ2v) is 9.29. The summed E-state index contributed by atoms with van der Waals surface area (Å²) in [6.07, 6.45) is 3.28. The van der Waals surface area contributed by atoms with Gasteiger partial charge in [0.05, 0.1) is 35.6 Å². The first-order valence-corrected chi connectivity index (χ1v) is 11.2. The van der Waals surface area contributed by atoms with Crippen molar-refractivity contribution in [3.05, 3.63) is 39.9 Å². The van der Waals surface area contributed by atoms with Gasteiger partial charge in [0.2, 0.25) is 0 Å². The standard InChI is InChI=1S/C21H23Cl2FN6O2/c1-11-18(25)21(10-32-11)4-6-29(7-5-21)19-15(9-31)28-20-14(27-19)8-26-30(20)17-13(24)3-2-12(22)16(17)23/h2-3,8,11,18,31H,4-7,9-10,25H2,1H3/t11-,18+/m0/s1. The van der Waals surface area contributed by atoms with Crippen LogP contribution in [-0.2, 0) is 11.3 Å². The molecule has 0 saturated carbocycles. The molecule has 1 aromatic carbocycles. The SMILES string of the molecule is C[C@@H]1OCC2(CCN(c3nc4cnn(-c5c(F)ccc(Cl)c5Cl)c4nc3CO)CC2)[C@@H]1N. The van der Waals surface area contributed by atoms with E-state index in [1.807, 2.05) is 6.92 Å². The molecule has 2 aromatic heterocycles. The Hall–Kier alpha value is -2.04. The number of halogens is 3. The molecule has 3 N–H and O–H groups in total. The van der Waals surface area contributed by atoms with Crippen molar-refractivity contribution in [2.24, 2.45) is 11.1 Å². The molecule has 3 aromatic rings. The fourth-order valence-corrected chi connectivity index (χ4v) is 5.13. The molecular weight excluding hydrogens is 458 g/mol. The maximum Gasteiger partial charge on any atom is 0.182 e. The molecule has 2 atom stereocenters. The number of ether oxygens (including phenoxy) is 1. The highest BCUT2D eigenvalue weighted by molar-refractivity contribution is 6.43. The summed E-state index contributed by atoms with van der Waals surface area (Å²) in [7, 11) is 0. The van der Waals surface area contributed by atoms with Crippen molar-refractivity contribution in [1.29, 1.82) is 0 Å². The van der Waals surface area contributed by atoms with Crippen molar-refractivity contribution in [2.75, 3.05) is 24.6 Å². The van der Waals surface area contributed by atoms with Gasteiger partial charge in [-0.3, -0.25) is 0 Å². The van der Waals surface area contributed by atoms with Crippen LogP contribution < -0.4 is 10.6 Å². The molecule has 11 heteroatoms. The number of anilines is 1. The molecule has 4 heterocycles. The van der Waals surface area contributed by atoms with Crippen molar-refractivity contribution in [2.45, 2.75) is 38.5 Å². The molecule has 8 nitrogen and oxygen atoms in total. The number of aliphatic hydroxyl groups is 1. The van der Waals surface area contributed by atoms with Gasteiger partial charge in [0.1, 0.15) is 16.9 Å². The summed E-state index contributed by atoms with van der Waals surface area (Å²) >= 11 is 12.3. The molecule has 2 fully saturated rings. The summed E-state index contributed by atoms with van der Waals surface area (Å²) < 4.78 is 21.6. The summed E-state index contributed by atoms with van der Waals surface area (Å²) in [6.45, 7) is 3.80. The van der Waals surface area contributed by atoms with Crippen LogP contribution in [-0.4, -0.2) is 56.7 Å².